The van der Waals surface area contributed by atoms with Crippen molar-refractivity contribution in [1.29, 1.82) is 0 Å². The number of piperazine rings is 1. The van der Waals surface area contributed by atoms with Crippen LogP contribution in [-0.2, 0) is 6.54 Å². The van der Waals surface area contributed by atoms with Crippen molar-refractivity contribution in [3.63, 3.8) is 0 Å². The fourth-order valence-electron chi connectivity index (χ4n) is 3.24. The molecule has 0 N–H and O–H groups in total. The highest BCUT2D eigenvalue weighted by molar-refractivity contribution is 5.58. The smallest absolute Gasteiger partial charge is 0.258 e. The fourth-order valence-corrected chi connectivity index (χ4v) is 3.24. The van der Waals surface area contributed by atoms with E-state index in [1.54, 1.807) is 19.5 Å². The van der Waals surface area contributed by atoms with E-state index in [9.17, 15) is 0 Å². The van der Waals surface area contributed by atoms with Gasteiger partial charge >= 0.3 is 0 Å². The summed E-state index contributed by atoms with van der Waals surface area (Å²) >= 11 is 0. The van der Waals surface area contributed by atoms with Gasteiger partial charge in [-0.25, -0.2) is 9.97 Å². The fraction of sp³-hybridized carbons (Fsp3) is 0.368. The second-order valence-electron chi connectivity index (χ2n) is 6.48. The summed E-state index contributed by atoms with van der Waals surface area (Å²) < 4.78 is 10.6. The van der Waals surface area contributed by atoms with E-state index in [4.69, 9.17) is 9.26 Å². The van der Waals surface area contributed by atoms with Crippen molar-refractivity contribution in [2.45, 2.75) is 13.5 Å². The first-order chi connectivity index (χ1) is 13.2. The van der Waals surface area contributed by atoms with Crippen LogP contribution in [-0.4, -0.2) is 58.3 Å². The summed E-state index contributed by atoms with van der Waals surface area (Å²) in [7, 11) is 1.66. The average molecular weight is 366 g/mol. The molecule has 0 unspecified atom stereocenters. The molecular weight excluding hydrogens is 344 g/mol. The van der Waals surface area contributed by atoms with Crippen molar-refractivity contribution in [3.8, 4) is 17.3 Å². The summed E-state index contributed by atoms with van der Waals surface area (Å²) in [6, 6.07) is 7.91. The Morgan fingerprint density at radius 1 is 1.11 bits per heavy atom. The van der Waals surface area contributed by atoms with Crippen molar-refractivity contribution < 1.29 is 9.26 Å². The Bertz CT molecular complexity index is 904. The van der Waals surface area contributed by atoms with Crippen LogP contribution in [0.1, 0.15) is 11.4 Å². The molecule has 140 valence electrons. The van der Waals surface area contributed by atoms with Gasteiger partial charge in [0.05, 0.1) is 7.11 Å². The largest absolute Gasteiger partial charge is 0.481 e. The number of pyridine rings is 2. The highest BCUT2D eigenvalue weighted by Gasteiger charge is 2.20. The molecule has 4 heterocycles. The zero-order valence-electron chi connectivity index (χ0n) is 15.5. The highest BCUT2D eigenvalue weighted by atomic mass is 16.5. The van der Waals surface area contributed by atoms with Gasteiger partial charge in [0.1, 0.15) is 5.82 Å². The number of hydrogen-bond donors (Lipinski definition) is 0. The number of ether oxygens (including phenoxy) is 1. The third-order valence-electron chi connectivity index (χ3n) is 4.65. The normalized spacial score (nSPS) is 15.1. The van der Waals surface area contributed by atoms with Gasteiger partial charge in [0.25, 0.3) is 5.89 Å². The van der Waals surface area contributed by atoms with Crippen LogP contribution in [0.3, 0.4) is 0 Å². The third-order valence-corrected chi connectivity index (χ3v) is 4.65. The van der Waals surface area contributed by atoms with Gasteiger partial charge < -0.3 is 14.2 Å². The molecule has 0 atom stereocenters. The van der Waals surface area contributed by atoms with Gasteiger partial charge in [-0.05, 0) is 25.1 Å². The predicted octanol–water partition coefficient (Wildman–Crippen LogP) is 2.17. The van der Waals surface area contributed by atoms with E-state index >= 15 is 0 Å². The lowest BCUT2D eigenvalue weighted by molar-refractivity contribution is 0.244. The van der Waals surface area contributed by atoms with Gasteiger partial charge in [0.15, 0.2) is 5.82 Å². The van der Waals surface area contributed by atoms with E-state index < -0.39 is 0 Å². The van der Waals surface area contributed by atoms with Crippen molar-refractivity contribution in [2.24, 2.45) is 0 Å². The number of aromatic nitrogens is 4. The second kappa shape index (κ2) is 7.71. The predicted molar refractivity (Wildman–Crippen MR) is 101 cm³/mol. The minimum atomic E-state index is 0.526. The SMILES string of the molecule is COc1ncccc1CN1CCN(c2cc(-c3nc(C)no3)ccn2)CC1. The van der Waals surface area contributed by atoms with E-state index in [-0.39, 0.29) is 0 Å². The topological polar surface area (TPSA) is 80.4 Å². The van der Waals surface area contributed by atoms with Gasteiger partial charge in [-0.1, -0.05) is 11.2 Å². The molecule has 0 aromatic carbocycles. The van der Waals surface area contributed by atoms with Crippen molar-refractivity contribution in [2.75, 3.05) is 38.2 Å². The standard InChI is InChI=1S/C19H22N6O2/c1-14-22-19(27-23-14)15-5-7-20-17(12-15)25-10-8-24(9-11-25)13-16-4-3-6-21-18(16)26-2/h3-7,12H,8-11,13H2,1-2H3. The molecule has 1 aliphatic rings. The van der Waals surface area contributed by atoms with E-state index in [0.717, 1.165) is 49.7 Å². The Morgan fingerprint density at radius 2 is 1.96 bits per heavy atom. The molecule has 0 bridgehead atoms. The maximum absolute atomic E-state index is 5.36. The van der Waals surface area contributed by atoms with Gasteiger partial charge in [0.2, 0.25) is 5.88 Å². The summed E-state index contributed by atoms with van der Waals surface area (Å²) in [5.41, 5.74) is 2.00. The monoisotopic (exact) mass is 366 g/mol. The molecule has 0 spiro atoms. The summed E-state index contributed by atoms with van der Waals surface area (Å²) in [5.74, 6) is 2.78. The molecule has 1 fully saturated rings. The highest BCUT2D eigenvalue weighted by Crippen LogP contribution is 2.23. The maximum atomic E-state index is 5.36. The van der Waals surface area contributed by atoms with Crippen LogP contribution in [0, 0.1) is 6.92 Å². The summed E-state index contributed by atoms with van der Waals surface area (Å²) in [5, 5.41) is 3.86. The maximum Gasteiger partial charge on any atom is 0.258 e. The number of hydrogen-bond acceptors (Lipinski definition) is 8. The zero-order chi connectivity index (χ0) is 18.6. The molecule has 4 rings (SSSR count). The molecule has 1 saturated heterocycles. The Morgan fingerprint density at radius 3 is 2.70 bits per heavy atom. The van der Waals surface area contributed by atoms with Crippen molar-refractivity contribution in [3.05, 3.63) is 48.0 Å². The number of aryl methyl sites for hydroxylation is 1. The lowest BCUT2D eigenvalue weighted by atomic mass is 10.2. The number of rotatable bonds is 5. The second-order valence-corrected chi connectivity index (χ2v) is 6.48. The first kappa shape index (κ1) is 17.4. The van der Waals surface area contributed by atoms with Gasteiger partial charge in [-0.2, -0.15) is 4.98 Å². The van der Waals surface area contributed by atoms with E-state index in [2.05, 4.69) is 36.0 Å². The Labute approximate surface area is 157 Å². The molecule has 8 nitrogen and oxygen atoms in total. The van der Waals surface area contributed by atoms with Crippen LogP contribution in [0.2, 0.25) is 0 Å². The molecule has 0 amide bonds. The number of nitrogens with zero attached hydrogens (tertiary/aromatic N) is 6. The van der Waals surface area contributed by atoms with Gasteiger partial charge in [0, 0.05) is 56.2 Å². The molecule has 3 aromatic heterocycles. The van der Waals surface area contributed by atoms with Gasteiger partial charge in [-0.15, -0.1) is 0 Å². The van der Waals surface area contributed by atoms with Crippen LogP contribution in [0.15, 0.2) is 41.2 Å². The van der Waals surface area contributed by atoms with E-state index in [1.165, 1.54) is 0 Å². The molecule has 27 heavy (non-hydrogen) atoms. The minimum Gasteiger partial charge on any atom is -0.481 e. The molecule has 1 aliphatic heterocycles. The zero-order valence-corrected chi connectivity index (χ0v) is 15.5. The van der Waals surface area contributed by atoms with Crippen molar-refractivity contribution >= 4 is 5.82 Å². The number of methoxy groups -OCH3 is 1. The minimum absolute atomic E-state index is 0.526. The lowest BCUT2D eigenvalue weighted by Gasteiger charge is -2.35. The third kappa shape index (κ3) is 3.90. The van der Waals surface area contributed by atoms with Crippen LogP contribution >= 0.6 is 0 Å². The molecule has 3 aromatic rings. The van der Waals surface area contributed by atoms with Crippen molar-refractivity contribution in [1.82, 2.24) is 25.0 Å². The van der Waals surface area contributed by atoms with Crippen LogP contribution in [0.5, 0.6) is 5.88 Å². The molecule has 0 saturated carbocycles. The first-order valence-electron chi connectivity index (χ1n) is 8.95. The number of anilines is 1. The first-order valence-corrected chi connectivity index (χ1v) is 8.95. The van der Waals surface area contributed by atoms with Gasteiger partial charge in [-0.3, -0.25) is 4.90 Å². The summed E-state index contributed by atoms with van der Waals surface area (Å²) in [4.78, 5) is 17.8. The van der Waals surface area contributed by atoms with Crippen LogP contribution in [0.25, 0.3) is 11.5 Å². The Kier molecular flexibility index (Phi) is 4.97. The van der Waals surface area contributed by atoms with Crippen LogP contribution < -0.4 is 9.64 Å². The molecule has 0 aliphatic carbocycles. The lowest BCUT2D eigenvalue weighted by Crippen LogP contribution is -2.46. The molecular formula is C19H22N6O2. The molecule has 8 heteroatoms. The average Bonchev–Trinajstić information content (AvgIpc) is 3.15. The van der Waals surface area contributed by atoms with Crippen LogP contribution in [0.4, 0.5) is 5.82 Å². The summed E-state index contributed by atoms with van der Waals surface area (Å²) in [6.07, 6.45) is 3.54. The Balaban J connectivity index is 1.41. The quantitative estimate of drug-likeness (QED) is 0.680. The Hall–Kier alpha value is -3.00. The molecule has 0 radical (unpaired) electrons. The van der Waals surface area contributed by atoms with E-state index in [0.29, 0.717) is 17.6 Å². The summed E-state index contributed by atoms with van der Waals surface area (Å²) in [6.45, 7) is 6.35. The van der Waals surface area contributed by atoms with E-state index in [1.807, 2.05) is 25.1 Å².